The SMILES string of the molecule is Cc1ccc(Cc2oc(-c3ccc(Cl)cc3)c(C#N)c2-c2cc(Br)ccc2O)cc1. The van der Waals surface area contributed by atoms with Crippen LogP contribution in [-0.2, 0) is 6.42 Å². The third-order valence-corrected chi connectivity index (χ3v) is 5.66. The van der Waals surface area contributed by atoms with Crippen LogP contribution in [0.25, 0.3) is 22.5 Å². The van der Waals surface area contributed by atoms with Crippen molar-refractivity contribution in [3.05, 3.63) is 98.7 Å². The van der Waals surface area contributed by atoms with Crippen LogP contribution < -0.4 is 0 Å². The van der Waals surface area contributed by atoms with Gasteiger partial charge in [-0.2, -0.15) is 5.26 Å². The van der Waals surface area contributed by atoms with Crippen molar-refractivity contribution in [2.75, 3.05) is 0 Å². The summed E-state index contributed by atoms with van der Waals surface area (Å²) in [6.45, 7) is 2.04. The smallest absolute Gasteiger partial charge is 0.152 e. The number of phenols is 1. The number of furan rings is 1. The summed E-state index contributed by atoms with van der Waals surface area (Å²) in [5.74, 6) is 1.17. The molecule has 5 heteroatoms. The fourth-order valence-electron chi connectivity index (χ4n) is 3.40. The van der Waals surface area contributed by atoms with E-state index in [2.05, 4.69) is 22.0 Å². The van der Waals surface area contributed by atoms with Gasteiger partial charge in [0.2, 0.25) is 0 Å². The van der Waals surface area contributed by atoms with E-state index in [0.29, 0.717) is 39.7 Å². The molecule has 3 nitrogen and oxygen atoms in total. The highest BCUT2D eigenvalue weighted by Crippen LogP contribution is 2.43. The molecule has 3 aromatic carbocycles. The Morgan fingerprint density at radius 3 is 2.40 bits per heavy atom. The Balaban J connectivity index is 1.95. The Morgan fingerprint density at radius 2 is 1.73 bits per heavy atom. The van der Waals surface area contributed by atoms with Gasteiger partial charge in [0.25, 0.3) is 0 Å². The molecule has 0 aliphatic carbocycles. The molecule has 0 saturated heterocycles. The summed E-state index contributed by atoms with van der Waals surface area (Å²) in [6.07, 6.45) is 0.490. The molecule has 4 rings (SSSR count). The van der Waals surface area contributed by atoms with Gasteiger partial charge >= 0.3 is 0 Å². The third-order valence-electron chi connectivity index (χ3n) is 4.91. The first-order chi connectivity index (χ1) is 14.5. The molecule has 0 atom stereocenters. The molecule has 0 fully saturated rings. The number of benzene rings is 3. The highest BCUT2D eigenvalue weighted by atomic mass is 79.9. The van der Waals surface area contributed by atoms with Crippen LogP contribution in [0, 0.1) is 18.3 Å². The van der Waals surface area contributed by atoms with E-state index in [1.807, 2.05) is 43.3 Å². The van der Waals surface area contributed by atoms with Gasteiger partial charge in [-0.15, -0.1) is 0 Å². The van der Waals surface area contributed by atoms with Gasteiger partial charge in [0.1, 0.15) is 23.1 Å². The zero-order valence-corrected chi connectivity index (χ0v) is 18.5. The van der Waals surface area contributed by atoms with Crippen molar-refractivity contribution in [1.82, 2.24) is 0 Å². The first kappa shape index (κ1) is 20.3. The van der Waals surface area contributed by atoms with E-state index in [1.165, 1.54) is 5.56 Å². The minimum Gasteiger partial charge on any atom is -0.507 e. The fraction of sp³-hybridized carbons (Fsp3) is 0.0800. The van der Waals surface area contributed by atoms with E-state index in [-0.39, 0.29) is 5.75 Å². The number of phenolic OH excluding ortho intramolecular Hbond substituents is 1. The summed E-state index contributed by atoms with van der Waals surface area (Å²) in [5, 5.41) is 21.2. The topological polar surface area (TPSA) is 57.2 Å². The summed E-state index contributed by atoms with van der Waals surface area (Å²) in [6, 6.07) is 22.8. The number of rotatable bonds is 4. The Hall–Kier alpha value is -3.00. The molecule has 0 amide bonds. The van der Waals surface area contributed by atoms with E-state index in [9.17, 15) is 10.4 Å². The second-order valence-corrected chi connectivity index (χ2v) is 8.40. The van der Waals surface area contributed by atoms with Gasteiger partial charge in [-0.25, -0.2) is 0 Å². The van der Waals surface area contributed by atoms with Gasteiger partial charge < -0.3 is 9.52 Å². The van der Waals surface area contributed by atoms with Crippen molar-refractivity contribution in [3.63, 3.8) is 0 Å². The first-order valence-corrected chi connectivity index (χ1v) is 10.5. The molecule has 0 aliphatic rings. The Labute approximate surface area is 188 Å². The monoisotopic (exact) mass is 477 g/mol. The maximum Gasteiger partial charge on any atom is 0.152 e. The van der Waals surface area contributed by atoms with Crippen LogP contribution in [0.5, 0.6) is 5.75 Å². The minimum atomic E-state index is 0.0864. The largest absolute Gasteiger partial charge is 0.507 e. The van der Waals surface area contributed by atoms with Crippen LogP contribution in [-0.4, -0.2) is 5.11 Å². The van der Waals surface area contributed by atoms with Crippen molar-refractivity contribution < 1.29 is 9.52 Å². The Morgan fingerprint density at radius 1 is 1.03 bits per heavy atom. The van der Waals surface area contributed by atoms with E-state index >= 15 is 0 Å². The number of nitriles is 1. The van der Waals surface area contributed by atoms with Gasteiger partial charge in [0.15, 0.2) is 5.76 Å². The predicted molar refractivity (Wildman–Crippen MR) is 123 cm³/mol. The minimum absolute atomic E-state index is 0.0864. The number of hydrogen-bond acceptors (Lipinski definition) is 3. The molecule has 1 aromatic heterocycles. The zero-order chi connectivity index (χ0) is 21.3. The van der Waals surface area contributed by atoms with Crippen LogP contribution in [0.4, 0.5) is 0 Å². The number of nitrogens with zero attached hydrogens (tertiary/aromatic N) is 1. The van der Waals surface area contributed by atoms with Gasteiger partial charge in [0.05, 0.1) is 0 Å². The number of aromatic hydroxyl groups is 1. The second kappa shape index (κ2) is 8.39. The number of halogens is 2. The summed E-state index contributed by atoms with van der Waals surface area (Å²) in [5.41, 5.74) is 4.50. The maximum absolute atomic E-state index is 10.6. The summed E-state index contributed by atoms with van der Waals surface area (Å²) >= 11 is 9.49. The van der Waals surface area contributed by atoms with Crippen LogP contribution in [0.2, 0.25) is 5.02 Å². The van der Waals surface area contributed by atoms with Crippen molar-refractivity contribution >= 4 is 27.5 Å². The molecule has 4 aromatic rings. The Bertz CT molecular complexity index is 1250. The lowest BCUT2D eigenvalue weighted by Gasteiger charge is -2.07. The molecule has 0 aliphatic heterocycles. The fourth-order valence-corrected chi connectivity index (χ4v) is 3.89. The van der Waals surface area contributed by atoms with Gasteiger partial charge in [-0.05, 0) is 55.0 Å². The molecular weight excluding hydrogens is 462 g/mol. The lowest BCUT2D eigenvalue weighted by molar-refractivity contribution is 0.476. The molecule has 1 heterocycles. The number of hydrogen-bond donors (Lipinski definition) is 1. The van der Waals surface area contributed by atoms with Crippen LogP contribution >= 0.6 is 27.5 Å². The quantitative estimate of drug-likeness (QED) is 0.330. The molecular formula is C25H17BrClNO2. The Kier molecular flexibility index (Phi) is 5.67. The average Bonchev–Trinajstić information content (AvgIpc) is 3.10. The lowest BCUT2D eigenvalue weighted by atomic mass is 9.95. The highest BCUT2D eigenvalue weighted by Gasteiger charge is 2.25. The van der Waals surface area contributed by atoms with Crippen molar-refractivity contribution in [2.24, 2.45) is 0 Å². The van der Waals surface area contributed by atoms with E-state index < -0.39 is 0 Å². The average molecular weight is 479 g/mol. The molecule has 0 unspecified atom stereocenters. The van der Waals surface area contributed by atoms with Gasteiger partial charge in [0, 0.05) is 32.6 Å². The molecule has 0 bridgehead atoms. The van der Waals surface area contributed by atoms with Gasteiger partial charge in [-0.3, -0.25) is 0 Å². The zero-order valence-electron chi connectivity index (χ0n) is 16.1. The maximum atomic E-state index is 10.6. The van der Waals surface area contributed by atoms with E-state index in [1.54, 1.807) is 30.3 Å². The predicted octanol–water partition coefficient (Wildman–Crippen LogP) is 7.51. The third kappa shape index (κ3) is 4.00. The summed E-state index contributed by atoms with van der Waals surface area (Å²) in [7, 11) is 0. The van der Waals surface area contributed by atoms with Crippen LogP contribution in [0.1, 0.15) is 22.5 Å². The van der Waals surface area contributed by atoms with E-state index in [0.717, 1.165) is 15.6 Å². The van der Waals surface area contributed by atoms with Gasteiger partial charge in [-0.1, -0.05) is 57.4 Å². The van der Waals surface area contributed by atoms with Crippen molar-refractivity contribution in [2.45, 2.75) is 13.3 Å². The molecule has 1 N–H and O–H groups in total. The van der Waals surface area contributed by atoms with Crippen LogP contribution in [0.15, 0.2) is 75.6 Å². The molecule has 0 saturated carbocycles. The molecule has 30 heavy (non-hydrogen) atoms. The van der Waals surface area contributed by atoms with Crippen LogP contribution in [0.3, 0.4) is 0 Å². The molecule has 0 spiro atoms. The first-order valence-electron chi connectivity index (χ1n) is 9.32. The highest BCUT2D eigenvalue weighted by molar-refractivity contribution is 9.10. The second-order valence-electron chi connectivity index (χ2n) is 7.05. The van der Waals surface area contributed by atoms with E-state index in [4.69, 9.17) is 16.0 Å². The summed E-state index contributed by atoms with van der Waals surface area (Å²) < 4.78 is 7.05. The van der Waals surface area contributed by atoms with Crippen molar-refractivity contribution in [1.29, 1.82) is 5.26 Å². The molecule has 148 valence electrons. The molecule has 0 radical (unpaired) electrons. The normalized spacial score (nSPS) is 10.7. The number of aryl methyl sites for hydroxylation is 1. The lowest BCUT2D eigenvalue weighted by Crippen LogP contribution is -1.91. The standard InChI is InChI=1S/C25H17BrClNO2/c1-15-2-4-16(5-3-15)12-23-24(20-13-18(26)8-11-22(20)29)21(14-28)25(30-23)17-6-9-19(27)10-7-17/h2-11,13,29H,12H2,1H3. The van der Waals surface area contributed by atoms with Crippen molar-refractivity contribution in [3.8, 4) is 34.3 Å². The summed E-state index contributed by atoms with van der Waals surface area (Å²) in [4.78, 5) is 0.